The Morgan fingerprint density at radius 2 is 1.85 bits per heavy atom. The van der Waals surface area contributed by atoms with E-state index in [0.29, 0.717) is 12.1 Å². The molecule has 3 aromatic rings. The fraction of sp³-hybridized carbons (Fsp3) is 0.273. The van der Waals surface area contributed by atoms with Crippen molar-refractivity contribution in [3.05, 3.63) is 65.9 Å². The number of amides is 2. The number of benzene rings is 2. The van der Waals surface area contributed by atoms with Gasteiger partial charge in [0.25, 0.3) is 5.91 Å². The summed E-state index contributed by atoms with van der Waals surface area (Å²) in [5.74, 6) is -0.224. The third kappa shape index (κ3) is 2.89. The number of aryl methyl sites for hydroxylation is 1. The first kappa shape index (κ1) is 17.3. The first-order valence-electron chi connectivity index (χ1n) is 9.21. The van der Waals surface area contributed by atoms with Gasteiger partial charge in [0, 0.05) is 36.3 Å². The molecule has 1 unspecified atom stereocenters. The molecule has 0 saturated carbocycles. The number of aromatic nitrogens is 1. The molecule has 1 aliphatic heterocycles. The molecule has 1 atom stereocenters. The van der Waals surface area contributed by atoms with Gasteiger partial charge in [-0.05, 0) is 35.7 Å². The van der Waals surface area contributed by atoms with E-state index in [-0.39, 0.29) is 17.7 Å². The predicted octanol–water partition coefficient (Wildman–Crippen LogP) is 3.80. The van der Waals surface area contributed by atoms with Gasteiger partial charge in [-0.15, -0.1) is 0 Å². The van der Waals surface area contributed by atoms with Gasteiger partial charge in [0.15, 0.2) is 0 Å². The van der Waals surface area contributed by atoms with Crippen LogP contribution in [0.15, 0.2) is 54.7 Å². The molecule has 1 aliphatic rings. The van der Waals surface area contributed by atoms with Crippen molar-refractivity contribution in [3.63, 3.8) is 0 Å². The summed E-state index contributed by atoms with van der Waals surface area (Å²) in [7, 11) is 1.98. The highest BCUT2D eigenvalue weighted by Gasteiger charge is 2.38. The van der Waals surface area contributed by atoms with Gasteiger partial charge in [-0.2, -0.15) is 0 Å². The van der Waals surface area contributed by atoms with Gasteiger partial charge in [0.2, 0.25) is 5.91 Å². The molecule has 0 aliphatic carbocycles. The molecule has 4 rings (SSSR count). The smallest absolute Gasteiger partial charge is 0.255 e. The van der Waals surface area contributed by atoms with Gasteiger partial charge in [0.1, 0.15) is 6.04 Å². The fourth-order valence-electron chi connectivity index (χ4n) is 3.92. The first-order valence-corrected chi connectivity index (χ1v) is 9.21. The van der Waals surface area contributed by atoms with Crippen LogP contribution in [0, 0.1) is 5.92 Å². The van der Waals surface area contributed by atoms with Crippen molar-refractivity contribution >= 4 is 28.4 Å². The average molecular weight is 361 g/mol. The average Bonchev–Trinajstić information content (AvgIpc) is 3.17. The molecule has 0 radical (unpaired) electrons. The van der Waals surface area contributed by atoms with E-state index in [1.54, 1.807) is 4.90 Å². The fourth-order valence-corrected chi connectivity index (χ4v) is 3.92. The van der Waals surface area contributed by atoms with Crippen LogP contribution in [0.1, 0.15) is 29.8 Å². The summed E-state index contributed by atoms with van der Waals surface area (Å²) in [5.41, 5.74) is 3.50. The highest BCUT2D eigenvalue weighted by molar-refractivity contribution is 6.06. The maximum absolute atomic E-state index is 13.2. The van der Waals surface area contributed by atoms with Crippen LogP contribution in [-0.2, 0) is 18.4 Å². The zero-order valence-electron chi connectivity index (χ0n) is 15.8. The van der Waals surface area contributed by atoms with Crippen molar-refractivity contribution in [2.75, 3.05) is 5.32 Å². The van der Waals surface area contributed by atoms with Gasteiger partial charge in [-0.3, -0.25) is 9.59 Å². The number of carbonyl (C=O) groups is 2. The van der Waals surface area contributed by atoms with E-state index in [1.165, 1.54) is 0 Å². The number of fused-ring (bicyclic) bond motifs is 2. The molecule has 0 saturated heterocycles. The lowest BCUT2D eigenvalue weighted by Gasteiger charge is -2.30. The minimum absolute atomic E-state index is 0.00163. The van der Waals surface area contributed by atoms with Gasteiger partial charge >= 0.3 is 0 Å². The Labute approximate surface area is 158 Å². The van der Waals surface area contributed by atoms with Crippen LogP contribution in [-0.4, -0.2) is 27.3 Å². The van der Waals surface area contributed by atoms with Crippen LogP contribution in [0.5, 0.6) is 0 Å². The highest BCUT2D eigenvalue weighted by atomic mass is 16.2. The largest absolute Gasteiger partial charge is 0.350 e. The quantitative estimate of drug-likeness (QED) is 0.768. The second-order valence-electron chi connectivity index (χ2n) is 7.43. The molecule has 0 fully saturated rings. The van der Waals surface area contributed by atoms with Crippen LogP contribution < -0.4 is 5.32 Å². The van der Waals surface area contributed by atoms with E-state index < -0.39 is 6.04 Å². The summed E-state index contributed by atoms with van der Waals surface area (Å²) >= 11 is 0. The van der Waals surface area contributed by atoms with Crippen molar-refractivity contribution in [1.82, 2.24) is 9.47 Å². The number of anilines is 1. The van der Waals surface area contributed by atoms with Crippen molar-refractivity contribution < 1.29 is 9.59 Å². The normalized spacial score (nSPS) is 14.7. The van der Waals surface area contributed by atoms with Crippen LogP contribution in [0.4, 0.5) is 5.69 Å². The molecule has 0 bridgehead atoms. The lowest BCUT2D eigenvalue weighted by atomic mass is 10.0. The van der Waals surface area contributed by atoms with Crippen LogP contribution in [0.3, 0.4) is 0 Å². The van der Waals surface area contributed by atoms with Crippen molar-refractivity contribution in [2.45, 2.75) is 26.4 Å². The summed E-state index contributed by atoms with van der Waals surface area (Å²) < 4.78 is 2.02. The Kier molecular flexibility index (Phi) is 4.22. The van der Waals surface area contributed by atoms with Crippen LogP contribution >= 0.6 is 0 Å². The standard InChI is InChI=1S/C22H23N3O2/c1-14(2)20(25-13-15-7-4-5-8-16(15)22(25)27)21(26)23-18-9-6-10-19-17(18)11-12-24(19)3/h4-12,14,20H,13H2,1-3H3,(H,23,26). The minimum atomic E-state index is -0.524. The highest BCUT2D eigenvalue weighted by Crippen LogP contribution is 2.29. The zero-order chi connectivity index (χ0) is 19.1. The summed E-state index contributed by atoms with van der Waals surface area (Å²) in [6, 6.07) is 14.9. The molecule has 1 aromatic heterocycles. The second kappa shape index (κ2) is 6.58. The maximum Gasteiger partial charge on any atom is 0.255 e. The predicted molar refractivity (Wildman–Crippen MR) is 106 cm³/mol. The van der Waals surface area contributed by atoms with Gasteiger partial charge in [0.05, 0.1) is 5.69 Å². The molecule has 5 nitrogen and oxygen atoms in total. The van der Waals surface area contributed by atoms with Crippen molar-refractivity contribution in [3.8, 4) is 0 Å². The molecule has 2 amide bonds. The minimum Gasteiger partial charge on any atom is -0.350 e. The Morgan fingerprint density at radius 1 is 1.07 bits per heavy atom. The topological polar surface area (TPSA) is 54.3 Å². The third-order valence-corrected chi connectivity index (χ3v) is 5.27. The Bertz CT molecular complexity index is 1030. The second-order valence-corrected chi connectivity index (χ2v) is 7.43. The number of carbonyl (C=O) groups excluding carboxylic acids is 2. The van der Waals surface area contributed by atoms with Gasteiger partial charge in [-0.25, -0.2) is 0 Å². The molecule has 2 aromatic carbocycles. The Morgan fingerprint density at radius 3 is 2.59 bits per heavy atom. The molecule has 1 N–H and O–H groups in total. The molecule has 5 heteroatoms. The molecular formula is C22H23N3O2. The van der Waals surface area contributed by atoms with Crippen LogP contribution in [0.25, 0.3) is 10.9 Å². The molecule has 0 spiro atoms. The zero-order valence-corrected chi connectivity index (χ0v) is 15.8. The van der Waals surface area contributed by atoms with E-state index in [1.807, 2.05) is 80.2 Å². The molecule has 2 heterocycles. The van der Waals surface area contributed by atoms with Crippen molar-refractivity contribution in [2.24, 2.45) is 13.0 Å². The lowest BCUT2D eigenvalue weighted by molar-refractivity contribution is -0.122. The SMILES string of the molecule is CC(C)C(C(=O)Nc1cccc2c1ccn2C)N1Cc2ccccc2C1=O. The molecule has 138 valence electrons. The maximum atomic E-state index is 13.2. The van der Waals surface area contributed by atoms with E-state index in [2.05, 4.69) is 5.32 Å². The van der Waals surface area contributed by atoms with E-state index in [4.69, 9.17) is 0 Å². The summed E-state index contributed by atoms with van der Waals surface area (Å²) in [5, 5.41) is 4.05. The number of nitrogens with zero attached hydrogens (tertiary/aromatic N) is 2. The Hall–Kier alpha value is -3.08. The molecule has 27 heavy (non-hydrogen) atoms. The van der Waals surface area contributed by atoms with E-state index >= 15 is 0 Å². The number of hydrogen-bond acceptors (Lipinski definition) is 2. The first-order chi connectivity index (χ1) is 13.0. The van der Waals surface area contributed by atoms with E-state index in [9.17, 15) is 9.59 Å². The third-order valence-electron chi connectivity index (χ3n) is 5.27. The van der Waals surface area contributed by atoms with Gasteiger partial charge in [-0.1, -0.05) is 38.1 Å². The number of nitrogens with one attached hydrogen (secondary N) is 1. The summed E-state index contributed by atoms with van der Waals surface area (Å²) in [6.45, 7) is 4.42. The summed E-state index contributed by atoms with van der Waals surface area (Å²) in [4.78, 5) is 27.7. The number of rotatable bonds is 4. The monoisotopic (exact) mass is 361 g/mol. The summed E-state index contributed by atoms with van der Waals surface area (Å²) in [6.07, 6.45) is 1.97. The van der Waals surface area contributed by atoms with Crippen molar-refractivity contribution in [1.29, 1.82) is 0 Å². The van der Waals surface area contributed by atoms with Gasteiger partial charge < -0.3 is 14.8 Å². The molecular weight excluding hydrogens is 338 g/mol. The Balaban J connectivity index is 1.63. The van der Waals surface area contributed by atoms with Crippen LogP contribution in [0.2, 0.25) is 0 Å². The lowest BCUT2D eigenvalue weighted by Crippen LogP contribution is -2.47. The number of hydrogen-bond donors (Lipinski definition) is 1. The van der Waals surface area contributed by atoms with E-state index in [0.717, 1.165) is 22.2 Å².